The Morgan fingerprint density at radius 3 is 2.67 bits per heavy atom. The number of carbonyl (C=O) groups excluding carboxylic acids is 1. The summed E-state index contributed by atoms with van der Waals surface area (Å²) < 4.78 is 0.483. The second kappa shape index (κ2) is 5.73. The van der Waals surface area contributed by atoms with Crippen LogP contribution in [-0.2, 0) is 11.3 Å². The van der Waals surface area contributed by atoms with E-state index in [1.807, 2.05) is 19.9 Å². The number of rotatable bonds is 3. The molecule has 6 nitrogen and oxygen atoms in total. The van der Waals surface area contributed by atoms with Crippen molar-refractivity contribution >= 4 is 27.5 Å². The second-order valence-electron chi connectivity index (χ2n) is 5.71. The lowest BCUT2D eigenvalue weighted by Crippen LogP contribution is -2.61. The van der Waals surface area contributed by atoms with E-state index < -0.39 is 10.5 Å². The largest absolute Gasteiger partial charge is 0.343 e. The molecule has 1 aliphatic heterocycles. The maximum Gasteiger partial charge on any atom is 0.283 e. The van der Waals surface area contributed by atoms with Crippen LogP contribution in [0.5, 0.6) is 0 Å². The fourth-order valence-corrected chi connectivity index (χ4v) is 3.10. The Morgan fingerprint density at radius 1 is 1.38 bits per heavy atom. The Balaban J connectivity index is 2.28. The second-order valence-corrected chi connectivity index (χ2v) is 6.51. The number of nitrogens with zero attached hydrogens (tertiary/aromatic N) is 3. The predicted octanol–water partition coefficient (Wildman–Crippen LogP) is 2.41. The molecule has 1 aliphatic rings. The van der Waals surface area contributed by atoms with Gasteiger partial charge in [-0.05, 0) is 35.3 Å². The van der Waals surface area contributed by atoms with Crippen LogP contribution in [0.4, 0.5) is 5.69 Å². The summed E-state index contributed by atoms with van der Waals surface area (Å²) in [7, 11) is 1.80. The molecule has 21 heavy (non-hydrogen) atoms. The third-order valence-corrected chi connectivity index (χ3v) is 4.90. The third kappa shape index (κ3) is 2.94. The van der Waals surface area contributed by atoms with E-state index in [2.05, 4.69) is 20.8 Å². The molecule has 1 aromatic carbocycles. The first-order valence-corrected chi connectivity index (χ1v) is 7.47. The molecule has 2 rings (SSSR count). The highest BCUT2D eigenvalue weighted by Gasteiger charge is 2.40. The van der Waals surface area contributed by atoms with E-state index in [1.165, 1.54) is 6.07 Å². The van der Waals surface area contributed by atoms with Gasteiger partial charge in [-0.15, -0.1) is 0 Å². The summed E-state index contributed by atoms with van der Waals surface area (Å²) >= 11 is 3.31. The number of hydrogen-bond donors (Lipinski definition) is 0. The lowest BCUT2D eigenvalue weighted by atomic mass is 9.97. The Hall–Kier alpha value is -1.47. The van der Waals surface area contributed by atoms with Crippen molar-refractivity contribution in [3.8, 4) is 0 Å². The standard InChI is InChI=1S/C14H18BrN3O3/c1-14(2)13(19)16(3)7-8-17(14)9-10-5-4-6-11(12(10)15)18(20)21/h4-6H,7-9H2,1-3H3. The van der Waals surface area contributed by atoms with Crippen LogP contribution in [0.15, 0.2) is 22.7 Å². The molecule has 0 aliphatic carbocycles. The quantitative estimate of drug-likeness (QED) is 0.616. The Labute approximate surface area is 132 Å². The van der Waals surface area contributed by atoms with Crippen molar-refractivity contribution in [2.45, 2.75) is 25.9 Å². The fourth-order valence-electron chi connectivity index (χ4n) is 2.57. The van der Waals surface area contributed by atoms with Crippen molar-refractivity contribution in [3.63, 3.8) is 0 Å². The number of piperazine rings is 1. The summed E-state index contributed by atoms with van der Waals surface area (Å²) in [6, 6.07) is 4.98. The first-order valence-electron chi connectivity index (χ1n) is 6.67. The average Bonchev–Trinajstić information content (AvgIpc) is 2.41. The lowest BCUT2D eigenvalue weighted by Gasteiger charge is -2.44. The topological polar surface area (TPSA) is 66.7 Å². The number of carbonyl (C=O) groups is 1. The number of nitro benzene ring substituents is 1. The summed E-state index contributed by atoms with van der Waals surface area (Å²) in [6.07, 6.45) is 0. The lowest BCUT2D eigenvalue weighted by molar-refractivity contribution is -0.385. The number of amides is 1. The molecule has 0 spiro atoms. The molecule has 0 atom stereocenters. The van der Waals surface area contributed by atoms with Crippen LogP contribution < -0.4 is 0 Å². The average molecular weight is 356 g/mol. The number of nitro groups is 1. The number of hydrogen-bond acceptors (Lipinski definition) is 4. The van der Waals surface area contributed by atoms with Crippen LogP contribution in [-0.4, -0.2) is 46.3 Å². The maximum atomic E-state index is 12.3. The highest BCUT2D eigenvalue weighted by molar-refractivity contribution is 9.10. The van der Waals surface area contributed by atoms with Crippen molar-refractivity contribution in [3.05, 3.63) is 38.3 Å². The minimum absolute atomic E-state index is 0.0470. The van der Waals surface area contributed by atoms with Gasteiger partial charge in [-0.25, -0.2) is 0 Å². The van der Waals surface area contributed by atoms with Crippen molar-refractivity contribution in [1.29, 1.82) is 0 Å². The molecule has 114 valence electrons. The summed E-state index contributed by atoms with van der Waals surface area (Å²) in [4.78, 5) is 26.6. The van der Waals surface area contributed by atoms with Gasteiger partial charge in [0.2, 0.25) is 5.91 Å². The van der Waals surface area contributed by atoms with Crippen LogP contribution in [0.2, 0.25) is 0 Å². The molecule has 0 bridgehead atoms. The summed E-state index contributed by atoms with van der Waals surface area (Å²) in [5, 5.41) is 11.0. The van der Waals surface area contributed by atoms with E-state index in [1.54, 1.807) is 18.0 Å². The molecule has 1 amide bonds. The van der Waals surface area contributed by atoms with Gasteiger partial charge in [0.1, 0.15) is 0 Å². The van der Waals surface area contributed by atoms with Gasteiger partial charge in [0, 0.05) is 32.7 Å². The monoisotopic (exact) mass is 355 g/mol. The highest BCUT2D eigenvalue weighted by Crippen LogP contribution is 2.31. The molecule has 0 saturated carbocycles. The molecule has 0 unspecified atom stereocenters. The molecule has 1 saturated heterocycles. The van der Waals surface area contributed by atoms with Crippen LogP contribution in [0, 0.1) is 10.1 Å². The molecule has 1 aromatic rings. The zero-order valence-corrected chi connectivity index (χ0v) is 13.9. The Bertz CT molecular complexity index is 589. The summed E-state index contributed by atoms with van der Waals surface area (Å²) in [6.45, 7) is 5.67. The molecular formula is C14H18BrN3O3. The first kappa shape index (κ1) is 15.9. The molecule has 0 N–H and O–H groups in total. The zero-order valence-electron chi connectivity index (χ0n) is 12.3. The van der Waals surface area contributed by atoms with Gasteiger partial charge in [-0.2, -0.15) is 0 Å². The smallest absolute Gasteiger partial charge is 0.283 e. The fraction of sp³-hybridized carbons (Fsp3) is 0.500. The van der Waals surface area contributed by atoms with E-state index >= 15 is 0 Å². The van der Waals surface area contributed by atoms with Gasteiger partial charge in [0.05, 0.1) is 14.9 Å². The molecule has 0 radical (unpaired) electrons. The van der Waals surface area contributed by atoms with Crippen LogP contribution >= 0.6 is 15.9 Å². The predicted molar refractivity (Wildman–Crippen MR) is 82.9 cm³/mol. The van der Waals surface area contributed by atoms with E-state index in [9.17, 15) is 14.9 Å². The number of likely N-dealkylation sites (N-methyl/N-ethyl adjacent to an activating group) is 1. The van der Waals surface area contributed by atoms with E-state index in [0.717, 1.165) is 12.1 Å². The molecule has 7 heteroatoms. The van der Waals surface area contributed by atoms with Gasteiger partial charge in [-0.1, -0.05) is 12.1 Å². The SMILES string of the molecule is CN1CCN(Cc2cccc([N+](=O)[O-])c2Br)C(C)(C)C1=O. The zero-order chi connectivity index (χ0) is 15.8. The van der Waals surface area contributed by atoms with Gasteiger partial charge < -0.3 is 4.90 Å². The third-order valence-electron chi connectivity index (χ3n) is 3.98. The number of benzene rings is 1. The van der Waals surface area contributed by atoms with E-state index in [4.69, 9.17) is 0 Å². The van der Waals surface area contributed by atoms with Crippen molar-refractivity contribution in [1.82, 2.24) is 9.80 Å². The van der Waals surface area contributed by atoms with Crippen LogP contribution in [0.1, 0.15) is 19.4 Å². The van der Waals surface area contributed by atoms with Crippen LogP contribution in [0.3, 0.4) is 0 Å². The minimum atomic E-state index is -0.614. The van der Waals surface area contributed by atoms with Gasteiger partial charge in [-0.3, -0.25) is 19.8 Å². The van der Waals surface area contributed by atoms with E-state index in [0.29, 0.717) is 17.6 Å². The molecule has 1 heterocycles. The first-order chi connectivity index (χ1) is 9.75. The van der Waals surface area contributed by atoms with Gasteiger partial charge in [0.25, 0.3) is 5.69 Å². The van der Waals surface area contributed by atoms with Gasteiger partial charge >= 0.3 is 0 Å². The van der Waals surface area contributed by atoms with Crippen molar-refractivity contribution < 1.29 is 9.72 Å². The van der Waals surface area contributed by atoms with Crippen molar-refractivity contribution in [2.24, 2.45) is 0 Å². The Kier molecular flexibility index (Phi) is 4.34. The van der Waals surface area contributed by atoms with Crippen molar-refractivity contribution in [2.75, 3.05) is 20.1 Å². The summed E-state index contributed by atoms with van der Waals surface area (Å²) in [5.74, 6) is 0.0651. The van der Waals surface area contributed by atoms with E-state index in [-0.39, 0.29) is 11.6 Å². The molecular weight excluding hydrogens is 338 g/mol. The molecule has 0 aromatic heterocycles. The Morgan fingerprint density at radius 2 is 2.05 bits per heavy atom. The van der Waals surface area contributed by atoms with Gasteiger partial charge in [0.15, 0.2) is 0 Å². The number of halogens is 1. The highest BCUT2D eigenvalue weighted by atomic mass is 79.9. The minimum Gasteiger partial charge on any atom is -0.343 e. The summed E-state index contributed by atoms with van der Waals surface area (Å²) in [5.41, 5.74) is 0.247. The normalized spacial score (nSPS) is 18.9. The molecule has 1 fully saturated rings. The maximum absolute atomic E-state index is 12.3. The van der Waals surface area contributed by atoms with Crippen LogP contribution in [0.25, 0.3) is 0 Å².